The van der Waals surface area contributed by atoms with Crippen molar-refractivity contribution < 1.29 is 14.4 Å². The Morgan fingerprint density at radius 1 is 0.923 bits per heavy atom. The number of carbonyl (C=O) groups is 3. The van der Waals surface area contributed by atoms with E-state index in [0.29, 0.717) is 11.4 Å². The van der Waals surface area contributed by atoms with Gasteiger partial charge in [0.05, 0.1) is 0 Å². The third-order valence-electron chi connectivity index (χ3n) is 3.91. The van der Waals surface area contributed by atoms with Gasteiger partial charge in [0, 0.05) is 30.9 Å². The fourth-order valence-corrected chi connectivity index (χ4v) is 2.67. The lowest BCUT2D eigenvalue weighted by Crippen LogP contribution is -2.37. The molecule has 0 radical (unpaired) electrons. The average Bonchev–Trinajstić information content (AvgIpc) is 2.55. The molecule has 26 heavy (non-hydrogen) atoms. The van der Waals surface area contributed by atoms with Crippen molar-refractivity contribution in [2.24, 2.45) is 0 Å². The van der Waals surface area contributed by atoms with Gasteiger partial charge in [0.2, 0.25) is 17.7 Å². The second-order valence-corrected chi connectivity index (χ2v) is 6.15. The first-order valence-corrected chi connectivity index (χ1v) is 8.29. The van der Waals surface area contributed by atoms with Crippen molar-refractivity contribution in [2.45, 2.75) is 27.7 Å². The molecule has 2 aromatic rings. The van der Waals surface area contributed by atoms with E-state index in [1.165, 1.54) is 18.7 Å². The normalized spacial score (nSPS) is 10.2. The predicted octanol–water partition coefficient (Wildman–Crippen LogP) is 3.25. The van der Waals surface area contributed by atoms with Crippen molar-refractivity contribution in [2.75, 3.05) is 22.1 Å². The Morgan fingerprint density at radius 3 is 2.12 bits per heavy atom. The summed E-state index contributed by atoms with van der Waals surface area (Å²) in [6.45, 7) is 6.53. The Labute approximate surface area is 153 Å². The maximum atomic E-state index is 12.5. The first-order valence-electron chi connectivity index (χ1n) is 8.29. The van der Waals surface area contributed by atoms with E-state index in [2.05, 4.69) is 10.6 Å². The van der Waals surface area contributed by atoms with E-state index in [1.807, 2.05) is 32.0 Å². The molecule has 0 fully saturated rings. The lowest BCUT2D eigenvalue weighted by molar-refractivity contribution is -0.120. The molecule has 0 aromatic heterocycles. The first kappa shape index (κ1) is 19.2. The number of nitrogens with one attached hydrogen (secondary N) is 2. The highest BCUT2D eigenvalue weighted by Crippen LogP contribution is 2.22. The van der Waals surface area contributed by atoms with Gasteiger partial charge in [0.1, 0.15) is 6.54 Å². The van der Waals surface area contributed by atoms with Crippen LogP contribution < -0.4 is 15.5 Å². The van der Waals surface area contributed by atoms with Crippen molar-refractivity contribution in [1.29, 1.82) is 0 Å². The number of para-hydroxylation sites is 1. The lowest BCUT2D eigenvalue weighted by Gasteiger charge is -2.22. The zero-order chi connectivity index (χ0) is 19.3. The van der Waals surface area contributed by atoms with Crippen LogP contribution in [0.15, 0.2) is 42.5 Å². The van der Waals surface area contributed by atoms with Gasteiger partial charge in [-0.15, -0.1) is 0 Å². The summed E-state index contributed by atoms with van der Waals surface area (Å²) in [5.74, 6) is -0.756. The van der Waals surface area contributed by atoms with Crippen molar-refractivity contribution in [3.63, 3.8) is 0 Å². The molecular weight excluding hydrogens is 330 g/mol. The van der Waals surface area contributed by atoms with E-state index in [9.17, 15) is 14.4 Å². The summed E-state index contributed by atoms with van der Waals surface area (Å²) in [5, 5.41) is 5.55. The quantitative estimate of drug-likeness (QED) is 0.866. The molecule has 0 atom stereocenters. The number of nitrogens with zero attached hydrogens (tertiary/aromatic N) is 1. The highest BCUT2D eigenvalue weighted by Gasteiger charge is 2.17. The molecule has 0 spiro atoms. The molecule has 0 saturated carbocycles. The van der Waals surface area contributed by atoms with E-state index < -0.39 is 0 Å². The fraction of sp³-hybridized carbons (Fsp3) is 0.250. The number of hydrogen-bond donors (Lipinski definition) is 2. The van der Waals surface area contributed by atoms with Gasteiger partial charge >= 0.3 is 0 Å². The molecule has 0 aliphatic heterocycles. The summed E-state index contributed by atoms with van der Waals surface area (Å²) in [4.78, 5) is 37.1. The van der Waals surface area contributed by atoms with Gasteiger partial charge in [-0.2, -0.15) is 0 Å². The molecule has 0 saturated heterocycles. The van der Waals surface area contributed by atoms with E-state index in [4.69, 9.17) is 0 Å². The van der Waals surface area contributed by atoms with Crippen molar-refractivity contribution in [3.05, 3.63) is 53.6 Å². The minimum Gasteiger partial charge on any atom is -0.326 e. The molecule has 3 amide bonds. The first-order chi connectivity index (χ1) is 12.3. The second-order valence-electron chi connectivity index (χ2n) is 6.15. The van der Waals surface area contributed by atoms with Crippen LogP contribution in [-0.4, -0.2) is 24.3 Å². The highest BCUT2D eigenvalue weighted by molar-refractivity contribution is 6.02. The Morgan fingerprint density at radius 2 is 1.54 bits per heavy atom. The van der Waals surface area contributed by atoms with Gasteiger partial charge in [-0.3, -0.25) is 14.4 Å². The summed E-state index contributed by atoms with van der Waals surface area (Å²) in [6.07, 6.45) is 0. The third-order valence-corrected chi connectivity index (χ3v) is 3.91. The molecule has 6 heteroatoms. The third kappa shape index (κ3) is 4.92. The molecule has 0 aliphatic carbocycles. The van der Waals surface area contributed by atoms with Crippen molar-refractivity contribution in [3.8, 4) is 0 Å². The van der Waals surface area contributed by atoms with Crippen LogP contribution in [0.5, 0.6) is 0 Å². The molecular formula is C20H23N3O3. The number of aryl methyl sites for hydroxylation is 2. The van der Waals surface area contributed by atoms with Crippen LogP contribution in [-0.2, 0) is 14.4 Å². The summed E-state index contributed by atoms with van der Waals surface area (Å²) in [6, 6.07) is 12.6. The molecule has 0 unspecified atom stereocenters. The molecule has 136 valence electrons. The van der Waals surface area contributed by atoms with Crippen LogP contribution >= 0.6 is 0 Å². The number of carbonyl (C=O) groups excluding carboxylic acids is 3. The fourth-order valence-electron chi connectivity index (χ4n) is 2.67. The molecule has 0 aliphatic rings. The molecule has 0 bridgehead atoms. The van der Waals surface area contributed by atoms with Crippen LogP contribution in [0.3, 0.4) is 0 Å². The minimum absolute atomic E-state index is 0.118. The minimum atomic E-state index is -0.289. The zero-order valence-corrected chi connectivity index (χ0v) is 15.4. The Hall–Kier alpha value is -3.15. The highest BCUT2D eigenvalue weighted by atomic mass is 16.2. The average molecular weight is 353 g/mol. The summed E-state index contributed by atoms with van der Waals surface area (Å²) in [5.41, 5.74) is 3.78. The number of benzene rings is 2. The Bertz CT molecular complexity index is 826. The van der Waals surface area contributed by atoms with Gasteiger partial charge in [-0.25, -0.2) is 0 Å². The van der Waals surface area contributed by atoms with Crippen molar-refractivity contribution >= 4 is 34.8 Å². The van der Waals surface area contributed by atoms with E-state index in [0.717, 1.165) is 16.8 Å². The molecule has 6 nitrogen and oxygen atoms in total. The van der Waals surface area contributed by atoms with Crippen LogP contribution in [0.4, 0.5) is 17.1 Å². The van der Waals surface area contributed by atoms with Gasteiger partial charge in [-0.1, -0.05) is 24.3 Å². The number of hydrogen-bond acceptors (Lipinski definition) is 3. The Kier molecular flexibility index (Phi) is 6.11. The van der Waals surface area contributed by atoms with Gasteiger partial charge in [0.15, 0.2) is 0 Å². The molecule has 0 heterocycles. The second kappa shape index (κ2) is 8.29. The van der Waals surface area contributed by atoms with Gasteiger partial charge < -0.3 is 15.5 Å². The predicted molar refractivity (Wildman–Crippen MR) is 103 cm³/mol. The number of amides is 3. The van der Waals surface area contributed by atoms with Crippen LogP contribution in [0.2, 0.25) is 0 Å². The maximum absolute atomic E-state index is 12.5. The van der Waals surface area contributed by atoms with E-state index in [1.54, 1.807) is 24.3 Å². The summed E-state index contributed by atoms with van der Waals surface area (Å²) < 4.78 is 0. The zero-order valence-electron chi connectivity index (χ0n) is 15.4. The standard InChI is InChI=1S/C20H23N3O3/c1-13-7-5-8-14(2)20(13)22-19(26)12-23(16(4)25)18-10-6-9-17(11-18)21-15(3)24/h5-11H,12H2,1-4H3,(H,21,24)(H,22,26). The topological polar surface area (TPSA) is 78.5 Å². The largest absolute Gasteiger partial charge is 0.326 e. The van der Waals surface area contributed by atoms with Gasteiger partial charge in [-0.05, 0) is 43.2 Å². The monoisotopic (exact) mass is 353 g/mol. The van der Waals surface area contributed by atoms with Crippen LogP contribution in [0.1, 0.15) is 25.0 Å². The van der Waals surface area contributed by atoms with Crippen LogP contribution in [0, 0.1) is 13.8 Å². The number of rotatable bonds is 5. The molecule has 2 N–H and O–H groups in total. The Balaban J connectivity index is 2.19. The van der Waals surface area contributed by atoms with Gasteiger partial charge in [0.25, 0.3) is 0 Å². The summed E-state index contributed by atoms with van der Waals surface area (Å²) in [7, 11) is 0. The lowest BCUT2D eigenvalue weighted by atomic mass is 10.1. The summed E-state index contributed by atoms with van der Waals surface area (Å²) >= 11 is 0. The smallest absolute Gasteiger partial charge is 0.244 e. The van der Waals surface area contributed by atoms with Crippen molar-refractivity contribution in [1.82, 2.24) is 0 Å². The SMILES string of the molecule is CC(=O)Nc1cccc(N(CC(=O)Nc2c(C)cccc2C)C(C)=O)c1. The van der Waals surface area contributed by atoms with E-state index >= 15 is 0 Å². The molecule has 2 rings (SSSR count). The maximum Gasteiger partial charge on any atom is 0.244 e. The molecule has 2 aromatic carbocycles. The van der Waals surface area contributed by atoms with Crippen LogP contribution in [0.25, 0.3) is 0 Å². The number of anilines is 3. The van der Waals surface area contributed by atoms with E-state index in [-0.39, 0.29) is 24.3 Å².